The van der Waals surface area contributed by atoms with Crippen LogP contribution >= 0.6 is 0 Å². The summed E-state index contributed by atoms with van der Waals surface area (Å²) in [5, 5.41) is 10.8. The van der Waals surface area contributed by atoms with E-state index in [1.54, 1.807) is 6.08 Å². The molecule has 40 heavy (non-hydrogen) atoms. The average Bonchev–Trinajstić information content (AvgIpc) is 2.75. The first kappa shape index (κ1) is 39.2. The van der Waals surface area contributed by atoms with Crippen LogP contribution in [0.4, 0.5) is 0 Å². The van der Waals surface area contributed by atoms with Crippen LogP contribution in [0, 0.1) is 0 Å². The third-order valence-electron chi connectivity index (χ3n) is 8.96. The van der Waals surface area contributed by atoms with Crippen molar-refractivity contribution in [2.75, 3.05) is 0 Å². The van der Waals surface area contributed by atoms with E-state index in [1.807, 2.05) is 49.5 Å². The van der Waals surface area contributed by atoms with Gasteiger partial charge in [-0.25, -0.2) is 0 Å². The molecular formula is C33H64O4Si3. The van der Waals surface area contributed by atoms with Gasteiger partial charge in [-0.1, -0.05) is 117 Å². The minimum Gasteiger partial charge on any atom is -0.411 e. The topological polar surface area (TPSA) is 47.9 Å². The zero-order chi connectivity index (χ0) is 31.8. The van der Waals surface area contributed by atoms with Crippen molar-refractivity contribution in [2.24, 2.45) is 0 Å². The summed E-state index contributed by atoms with van der Waals surface area (Å²) >= 11 is 0. The molecule has 1 N–H and O–H groups in total. The fourth-order valence-electron chi connectivity index (χ4n) is 2.98. The Morgan fingerprint density at radius 3 is 1.25 bits per heavy atom. The molecule has 0 radical (unpaired) electrons. The van der Waals surface area contributed by atoms with E-state index in [0.29, 0.717) is 0 Å². The van der Waals surface area contributed by atoms with E-state index in [1.165, 1.54) is 0 Å². The van der Waals surface area contributed by atoms with Crippen molar-refractivity contribution in [3.05, 3.63) is 61.3 Å². The highest BCUT2D eigenvalue weighted by Gasteiger charge is 2.43. The molecule has 0 aromatic rings. The molecule has 7 heteroatoms. The summed E-state index contributed by atoms with van der Waals surface area (Å²) in [6.45, 7) is 39.7. The van der Waals surface area contributed by atoms with Gasteiger partial charge in [-0.3, -0.25) is 0 Å². The van der Waals surface area contributed by atoms with Gasteiger partial charge in [-0.05, 0) is 61.3 Å². The summed E-state index contributed by atoms with van der Waals surface area (Å²) in [6.07, 6.45) is 16.2. The third kappa shape index (κ3) is 12.6. The van der Waals surface area contributed by atoms with E-state index < -0.39 is 31.1 Å². The largest absolute Gasteiger partial charge is 0.411 e. The van der Waals surface area contributed by atoms with Crippen molar-refractivity contribution < 1.29 is 18.4 Å². The smallest absolute Gasteiger partial charge is 0.193 e. The Morgan fingerprint density at radius 2 is 0.875 bits per heavy atom. The first-order valence-corrected chi connectivity index (χ1v) is 23.5. The van der Waals surface area contributed by atoms with Crippen LogP contribution in [-0.2, 0) is 13.3 Å². The maximum absolute atomic E-state index is 10.5. The summed E-state index contributed by atoms with van der Waals surface area (Å²) in [6, 6.07) is 0. The van der Waals surface area contributed by atoms with Gasteiger partial charge in [0.05, 0.1) is 24.4 Å². The highest BCUT2D eigenvalue weighted by molar-refractivity contribution is 6.75. The second-order valence-electron chi connectivity index (χ2n) is 15.5. The van der Waals surface area contributed by atoms with Crippen LogP contribution in [0.25, 0.3) is 0 Å². The molecule has 232 valence electrons. The van der Waals surface area contributed by atoms with E-state index in [2.05, 4.69) is 114 Å². The standard InChI is InChI=1S/C33H64O4Si3/c1-18-29(36-39(14,15)32(6,7)8)30(37-40(16,17)33(9,10)11)26-24-22-20-19-21-23-25-28(34)27(2)35-38(12,13)31(3,4)5/h18-30,34H,1H2,2-17H3/b21-19+,22-20+,25-23+,26-24+/t27-,28-,29-,30-/m1/s1. The fourth-order valence-corrected chi connectivity index (χ4v) is 6.91. The number of hydrogen-bond donors (Lipinski definition) is 1. The molecular weight excluding hydrogens is 545 g/mol. The fraction of sp³-hybridized carbons (Fsp3) is 0.697. The molecule has 0 aromatic carbocycles. The lowest BCUT2D eigenvalue weighted by Gasteiger charge is -2.43. The zero-order valence-electron chi connectivity index (χ0n) is 28.9. The van der Waals surface area contributed by atoms with Gasteiger partial charge in [0.1, 0.15) is 0 Å². The average molecular weight is 609 g/mol. The molecule has 0 saturated heterocycles. The number of hydrogen-bond acceptors (Lipinski definition) is 4. The Hall–Kier alpha value is -0.809. The highest BCUT2D eigenvalue weighted by atomic mass is 28.4. The molecule has 4 atom stereocenters. The highest BCUT2D eigenvalue weighted by Crippen LogP contribution is 2.41. The van der Waals surface area contributed by atoms with Crippen molar-refractivity contribution >= 4 is 25.0 Å². The minimum atomic E-state index is -2.04. The van der Waals surface area contributed by atoms with Crippen molar-refractivity contribution in [2.45, 2.75) is 148 Å². The summed E-state index contributed by atoms with van der Waals surface area (Å²) in [7, 11) is -5.98. The first-order chi connectivity index (χ1) is 17.8. The van der Waals surface area contributed by atoms with E-state index >= 15 is 0 Å². The van der Waals surface area contributed by atoms with Gasteiger partial charge in [-0.15, -0.1) is 6.58 Å². The van der Waals surface area contributed by atoms with Crippen molar-refractivity contribution in [1.82, 2.24) is 0 Å². The summed E-state index contributed by atoms with van der Waals surface area (Å²) < 4.78 is 19.9. The van der Waals surface area contributed by atoms with Gasteiger partial charge >= 0.3 is 0 Å². The molecule has 0 aliphatic rings. The van der Waals surface area contributed by atoms with Crippen LogP contribution in [0.1, 0.15) is 69.2 Å². The maximum atomic E-state index is 10.5. The zero-order valence-corrected chi connectivity index (χ0v) is 31.9. The number of aliphatic hydroxyl groups is 1. The third-order valence-corrected chi connectivity index (χ3v) is 22.5. The van der Waals surface area contributed by atoms with Crippen molar-refractivity contribution in [1.29, 1.82) is 0 Å². The van der Waals surface area contributed by atoms with Gasteiger partial charge in [0, 0.05) is 0 Å². The van der Waals surface area contributed by atoms with Crippen LogP contribution < -0.4 is 0 Å². The minimum absolute atomic E-state index is 0.0878. The van der Waals surface area contributed by atoms with Gasteiger partial charge < -0.3 is 18.4 Å². The Kier molecular flexibility index (Phi) is 14.8. The van der Waals surface area contributed by atoms with E-state index in [9.17, 15) is 5.11 Å². The molecule has 0 fully saturated rings. The predicted octanol–water partition coefficient (Wildman–Crippen LogP) is 9.95. The normalized spacial score (nSPS) is 18.2. The van der Waals surface area contributed by atoms with E-state index in [-0.39, 0.29) is 33.4 Å². The van der Waals surface area contributed by atoms with Crippen molar-refractivity contribution in [3.63, 3.8) is 0 Å². The van der Waals surface area contributed by atoms with E-state index in [4.69, 9.17) is 13.3 Å². The number of allylic oxidation sites excluding steroid dienone is 6. The van der Waals surface area contributed by atoms with E-state index in [0.717, 1.165) is 0 Å². The predicted molar refractivity (Wildman–Crippen MR) is 185 cm³/mol. The molecule has 0 aromatic heterocycles. The molecule has 0 saturated carbocycles. The molecule has 4 nitrogen and oxygen atoms in total. The second kappa shape index (κ2) is 15.1. The van der Waals surface area contributed by atoms with Crippen LogP contribution in [0.15, 0.2) is 61.3 Å². The number of rotatable bonds is 14. The molecule has 0 bridgehead atoms. The molecule has 0 heterocycles. The SMILES string of the molecule is C=C[C@@H](O[Si](C)(C)C(C)(C)C)[C@@H](/C=C/C=C/C=C/C=C/[C@@H](O)[C@@H](C)O[Si](C)(C)C(C)(C)C)O[Si](C)(C)C(C)(C)C. The molecule has 0 unspecified atom stereocenters. The summed E-state index contributed by atoms with van der Waals surface area (Å²) in [5.41, 5.74) is 0. The lowest BCUT2D eigenvalue weighted by atomic mass is 10.2. The first-order valence-electron chi connectivity index (χ1n) is 14.8. The summed E-state index contributed by atoms with van der Waals surface area (Å²) in [4.78, 5) is 0. The van der Waals surface area contributed by atoms with Crippen LogP contribution in [0.3, 0.4) is 0 Å². The molecule has 0 rings (SSSR count). The molecule has 0 aliphatic carbocycles. The lowest BCUT2D eigenvalue weighted by molar-refractivity contribution is 0.0693. The Morgan fingerprint density at radius 1 is 0.550 bits per heavy atom. The summed E-state index contributed by atoms with van der Waals surface area (Å²) in [5.74, 6) is 0. The quantitative estimate of drug-likeness (QED) is 0.121. The van der Waals surface area contributed by atoms with Gasteiger partial charge in [-0.2, -0.15) is 0 Å². The lowest BCUT2D eigenvalue weighted by Crippen LogP contribution is -2.50. The monoisotopic (exact) mass is 608 g/mol. The molecule has 0 amide bonds. The van der Waals surface area contributed by atoms with Crippen LogP contribution in [0.5, 0.6) is 0 Å². The Balaban J connectivity index is 5.53. The van der Waals surface area contributed by atoms with Crippen molar-refractivity contribution in [3.8, 4) is 0 Å². The van der Waals surface area contributed by atoms with Gasteiger partial charge in [0.15, 0.2) is 25.0 Å². The molecule has 0 spiro atoms. The Bertz CT molecular complexity index is 894. The molecule has 0 aliphatic heterocycles. The number of aliphatic hydroxyl groups excluding tert-OH is 1. The van der Waals surface area contributed by atoms with Crippen LogP contribution in [0.2, 0.25) is 54.4 Å². The second-order valence-corrected chi connectivity index (χ2v) is 29.8. The van der Waals surface area contributed by atoms with Gasteiger partial charge in [0.2, 0.25) is 0 Å². The van der Waals surface area contributed by atoms with Gasteiger partial charge in [0.25, 0.3) is 0 Å². The Labute approximate surface area is 252 Å². The maximum Gasteiger partial charge on any atom is 0.193 e. The van der Waals surface area contributed by atoms with Crippen LogP contribution in [-0.4, -0.2) is 54.5 Å².